The maximum absolute atomic E-state index is 12.7. The van der Waals surface area contributed by atoms with E-state index in [1.807, 2.05) is 17.0 Å². The number of hydrogen-bond donors (Lipinski definition) is 1. The van der Waals surface area contributed by atoms with E-state index in [1.165, 1.54) is 5.57 Å². The molecular formula is C16H23N3O. The maximum atomic E-state index is 12.7. The molecule has 108 valence electrons. The first kappa shape index (κ1) is 13.4. The Morgan fingerprint density at radius 3 is 2.85 bits per heavy atom. The van der Waals surface area contributed by atoms with Crippen LogP contribution in [0.4, 0.5) is 0 Å². The van der Waals surface area contributed by atoms with Gasteiger partial charge < -0.3 is 14.8 Å². The molecule has 20 heavy (non-hydrogen) atoms. The van der Waals surface area contributed by atoms with Crippen molar-refractivity contribution in [1.82, 2.24) is 14.8 Å². The molecule has 1 aromatic heterocycles. The van der Waals surface area contributed by atoms with E-state index in [1.54, 1.807) is 0 Å². The molecule has 2 aliphatic rings. The summed E-state index contributed by atoms with van der Waals surface area (Å²) < 4.78 is 2.19. The average Bonchev–Trinajstić information content (AvgIpc) is 2.97. The topological polar surface area (TPSA) is 37.3 Å². The summed E-state index contributed by atoms with van der Waals surface area (Å²) in [6, 6.07) is 4.43. The molecule has 0 aromatic carbocycles. The zero-order valence-electron chi connectivity index (χ0n) is 12.1. The lowest BCUT2D eigenvalue weighted by Gasteiger charge is -2.29. The van der Waals surface area contributed by atoms with Crippen LogP contribution in [0.5, 0.6) is 0 Å². The van der Waals surface area contributed by atoms with Crippen LogP contribution < -0.4 is 5.32 Å². The number of rotatable bonds is 2. The Morgan fingerprint density at radius 2 is 2.15 bits per heavy atom. The smallest absolute Gasteiger partial charge is 0.270 e. The van der Waals surface area contributed by atoms with Gasteiger partial charge >= 0.3 is 0 Å². The fourth-order valence-corrected chi connectivity index (χ4v) is 3.10. The molecule has 3 heterocycles. The summed E-state index contributed by atoms with van der Waals surface area (Å²) in [5.41, 5.74) is 2.24. The number of carbonyl (C=O) groups is 1. The summed E-state index contributed by atoms with van der Waals surface area (Å²) in [6.45, 7) is 5.82. The second-order valence-corrected chi connectivity index (χ2v) is 5.83. The zero-order chi connectivity index (χ0) is 13.9. The summed E-state index contributed by atoms with van der Waals surface area (Å²) in [5.74, 6) is 0.178. The van der Waals surface area contributed by atoms with Gasteiger partial charge in [0.15, 0.2) is 0 Å². The fraction of sp³-hybridized carbons (Fsp3) is 0.562. The van der Waals surface area contributed by atoms with Gasteiger partial charge in [0, 0.05) is 25.3 Å². The fourth-order valence-electron chi connectivity index (χ4n) is 3.10. The molecule has 3 rings (SSSR count). The number of aromatic nitrogens is 1. The lowest BCUT2D eigenvalue weighted by molar-refractivity contribution is 0.0754. The number of nitrogens with zero attached hydrogens (tertiary/aromatic N) is 2. The van der Waals surface area contributed by atoms with Crippen LogP contribution in [0.25, 0.3) is 0 Å². The molecule has 1 amide bonds. The highest BCUT2D eigenvalue weighted by molar-refractivity contribution is 5.93. The van der Waals surface area contributed by atoms with Gasteiger partial charge in [0.1, 0.15) is 5.69 Å². The molecule has 0 unspecified atom stereocenters. The van der Waals surface area contributed by atoms with Gasteiger partial charge in [-0.2, -0.15) is 0 Å². The van der Waals surface area contributed by atoms with Crippen LogP contribution in [0, 0.1) is 0 Å². The Bertz CT molecular complexity index is 512. The van der Waals surface area contributed by atoms with Crippen LogP contribution in [0.3, 0.4) is 0 Å². The lowest BCUT2D eigenvalue weighted by atomic mass is 10.1. The highest BCUT2D eigenvalue weighted by atomic mass is 16.2. The normalized spacial score (nSPS) is 20.9. The molecule has 0 aliphatic carbocycles. The van der Waals surface area contributed by atoms with Crippen molar-refractivity contribution in [3.63, 3.8) is 0 Å². The van der Waals surface area contributed by atoms with Crippen LogP contribution >= 0.6 is 0 Å². The number of nitrogens with one attached hydrogen (secondary N) is 1. The first-order valence-electron chi connectivity index (χ1n) is 7.58. The zero-order valence-corrected chi connectivity index (χ0v) is 12.1. The predicted molar refractivity (Wildman–Crippen MR) is 79.9 cm³/mol. The van der Waals surface area contributed by atoms with Crippen molar-refractivity contribution in [2.45, 2.75) is 32.2 Å². The van der Waals surface area contributed by atoms with E-state index in [0.717, 1.165) is 51.1 Å². The van der Waals surface area contributed by atoms with E-state index in [0.29, 0.717) is 6.04 Å². The number of carbonyl (C=O) groups excluding carboxylic acids is 1. The minimum atomic E-state index is 0.178. The van der Waals surface area contributed by atoms with E-state index < -0.39 is 0 Å². The van der Waals surface area contributed by atoms with E-state index in [2.05, 4.69) is 29.1 Å². The molecule has 1 fully saturated rings. The van der Waals surface area contributed by atoms with Gasteiger partial charge in [-0.25, -0.2) is 0 Å². The van der Waals surface area contributed by atoms with Crippen LogP contribution in [0.15, 0.2) is 30.0 Å². The molecule has 4 nitrogen and oxygen atoms in total. The molecule has 1 N–H and O–H groups in total. The van der Waals surface area contributed by atoms with Gasteiger partial charge in [-0.1, -0.05) is 11.6 Å². The first-order valence-corrected chi connectivity index (χ1v) is 7.58. The SMILES string of the molecule is CC1=CCN(C(=O)c2cccn2C2CCNCC2)CC1. The molecule has 0 saturated carbocycles. The molecule has 2 aliphatic heterocycles. The van der Waals surface area contributed by atoms with Gasteiger partial charge in [-0.05, 0) is 51.4 Å². The first-order chi connectivity index (χ1) is 9.75. The second-order valence-electron chi connectivity index (χ2n) is 5.83. The Hall–Kier alpha value is -1.55. The Kier molecular flexibility index (Phi) is 3.92. The Morgan fingerprint density at radius 1 is 1.35 bits per heavy atom. The summed E-state index contributed by atoms with van der Waals surface area (Å²) in [5, 5.41) is 3.38. The van der Waals surface area contributed by atoms with Crippen molar-refractivity contribution < 1.29 is 4.79 Å². The van der Waals surface area contributed by atoms with Crippen molar-refractivity contribution >= 4 is 5.91 Å². The Labute approximate surface area is 120 Å². The summed E-state index contributed by atoms with van der Waals surface area (Å²) in [6.07, 6.45) is 7.44. The largest absolute Gasteiger partial charge is 0.340 e. The molecule has 1 aromatic rings. The molecule has 0 bridgehead atoms. The predicted octanol–water partition coefficient (Wildman–Crippen LogP) is 2.20. The van der Waals surface area contributed by atoms with Crippen molar-refractivity contribution in [3.8, 4) is 0 Å². The molecule has 1 saturated heterocycles. The molecular weight excluding hydrogens is 250 g/mol. The number of hydrogen-bond acceptors (Lipinski definition) is 2. The van der Waals surface area contributed by atoms with Gasteiger partial charge in [0.25, 0.3) is 5.91 Å². The highest BCUT2D eigenvalue weighted by Gasteiger charge is 2.23. The maximum Gasteiger partial charge on any atom is 0.270 e. The van der Waals surface area contributed by atoms with Crippen LogP contribution in [0.2, 0.25) is 0 Å². The van der Waals surface area contributed by atoms with Crippen molar-refractivity contribution in [1.29, 1.82) is 0 Å². The molecule has 0 spiro atoms. The second kappa shape index (κ2) is 5.83. The summed E-state index contributed by atoms with van der Waals surface area (Å²) in [4.78, 5) is 14.6. The third kappa shape index (κ3) is 2.66. The average molecular weight is 273 g/mol. The summed E-state index contributed by atoms with van der Waals surface area (Å²) >= 11 is 0. The molecule has 0 atom stereocenters. The quantitative estimate of drug-likeness (QED) is 0.839. The van der Waals surface area contributed by atoms with E-state index in [4.69, 9.17) is 0 Å². The lowest BCUT2D eigenvalue weighted by Crippen LogP contribution is -2.37. The summed E-state index contributed by atoms with van der Waals surface area (Å²) in [7, 11) is 0. The number of amides is 1. The monoisotopic (exact) mass is 273 g/mol. The minimum Gasteiger partial charge on any atom is -0.340 e. The van der Waals surface area contributed by atoms with E-state index in [-0.39, 0.29) is 5.91 Å². The van der Waals surface area contributed by atoms with Gasteiger partial charge in [-0.3, -0.25) is 4.79 Å². The molecule has 4 heteroatoms. The van der Waals surface area contributed by atoms with Crippen molar-refractivity contribution in [2.24, 2.45) is 0 Å². The van der Waals surface area contributed by atoms with Gasteiger partial charge in [-0.15, -0.1) is 0 Å². The Balaban J connectivity index is 1.77. The molecule has 0 radical (unpaired) electrons. The van der Waals surface area contributed by atoms with Gasteiger partial charge in [0.05, 0.1) is 0 Å². The number of piperidine rings is 1. The van der Waals surface area contributed by atoms with E-state index in [9.17, 15) is 4.79 Å². The minimum absolute atomic E-state index is 0.178. The third-order valence-corrected chi connectivity index (χ3v) is 4.42. The highest BCUT2D eigenvalue weighted by Crippen LogP contribution is 2.23. The van der Waals surface area contributed by atoms with Crippen LogP contribution in [0.1, 0.15) is 42.7 Å². The van der Waals surface area contributed by atoms with Crippen LogP contribution in [-0.4, -0.2) is 41.6 Å². The van der Waals surface area contributed by atoms with E-state index >= 15 is 0 Å². The van der Waals surface area contributed by atoms with Crippen molar-refractivity contribution in [2.75, 3.05) is 26.2 Å². The van der Waals surface area contributed by atoms with Crippen LogP contribution in [-0.2, 0) is 0 Å². The third-order valence-electron chi connectivity index (χ3n) is 4.42. The van der Waals surface area contributed by atoms with Crippen molar-refractivity contribution in [3.05, 3.63) is 35.7 Å². The standard InChI is InChI=1S/C16H23N3O/c1-13-6-11-18(12-7-13)16(20)15-3-2-10-19(15)14-4-8-17-9-5-14/h2-3,6,10,14,17H,4-5,7-9,11-12H2,1H3. The van der Waals surface area contributed by atoms with Gasteiger partial charge in [0.2, 0.25) is 0 Å².